The van der Waals surface area contributed by atoms with Crippen LogP contribution in [0.1, 0.15) is 49.4 Å². The molecule has 1 aromatic rings. The van der Waals surface area contributed by atoms with E-state index in [1.54, 1.807) is 19.1 Å². The van der Waals surface area contributed by atoms with Gasteiger partial charge in [-0.2, -0.15) is 0 Å². The molecule has 0 aliphatic heterocycles. The molecule has 1 aliphatic carbocycles. The summed E-state index contributed by atoms with van der Waals surface area (Å²) in [4.78, 5) is 23.7. The second-order valence-electron chi connectivity index (χ2n) is 5.49. The molecule has 2 N–H and O–H groups in total. The average Bonchev–Trinajstić information content (AvgIpc) is 3.01. The molecule has 0 heterocycles. The van der Waals surface area contributed by atoms with E-state index in [1.165, 1.54) is 12.8 Å². The number of para-hydroxylation sites is 1. The van der Waals surface area contributed by atoms with Gasteiger partial charge in [-0.25, -0.2) is 4.79 Å². The Morgan fingerprint density at radius 1 is 1.23 bits per heavy atom. The normalized spacial score (nSPS) is 14.6. The van der Waals surface area contributed by atoms with Crippen LogP contribution in [0.15, 0.2) is 24.3 Å². The number of nitrogens with one attached hydrogen (secondary N) is 2. The summed E-state index contributed by atoms with van der Waals surface area (Å²) < 4.78 is 5.03. The summed E-state index contributed by atoms with van der Waals surface area (Å²) in [5.41, 5.74) is 1.20. The van der Waals surface area contributed by atoms with Crippen molar-refractivity contribution in [2.75, 3.05) is 18.5 Å². The van der Waals surface area contributed by atoms with E-state index < -0.39 is 0 Å². The fourth-order valence-corrected chi connectivity index (χ4v) is 2.70. The van der Waals surface area contributed by atoms with Crippen molar-refractivity contribution in [3.63, 3.8) is 0 Å². The smallest absolute Gasteiger partial charge is 0.340 e. The van der Waals surface area contributed by atoms with E-state index in [0.29, 0.717) is 36.9 Å². The predicted molar refractivity (Wildman–Crippen MR) is 85.9 cm³/mol. The van der Waals surface area contributed by atoms with Crippen molar-refractivity contribution in [3.8, 4) is 0 Å². The molecule has 0 spiro atoms. The second kappa shape index (κ2) is 8.41. The second-order valence-corrected chi connectivity index (χ2v) is 5.49. The molecule has 0 radical (unpaired) electrons. The topological polar surface area (TPSA) is 67.4 Å². The Morgan fingerprint density at radius 2 is 1.95 bits per heavy atom. The minimum Gasteiger partial charge on any atom is -0.462 e. The molecule has 1 aromatic carbocycles. The number of ether oxygens (including phenoxy) is 1. The molecular formula is C17H24N2O3. The number of amides is 1. The zero-order valence-corrected chi connectivity index (χ0v) is 13.1. The minimum absolute atomic E-state index is 0.0630. The maximum atomic E-state index is 11.9. The predicted octanol–water partition coefficient (Wildman–Crippen LogP) is 2.72. The van der Waals surface area contributed by atoms with E-state index in [4.69, 9.17) is 4.74 Å². The standard InChI is InChI=1S/C17H24N2O3/c1-2-22-17(21)14-9-5-6-10-15(14)18-12-11-16(20)19-13-7-3-4-8-13/h5-6,9-10,13,18H,2-4,7-8,11-12H2,1H3,(H,19,20). The van der Waals surface area contributed by atoms with Gasteiger partial charge < -0.3 is 15.4 Å². The molecule has 2 rings (SSSR count). The Labute approximate surface area is 131 Å². The van der Waals surface area contributed by atoms with Gasteiger partial charge in [-0.15, -0.1) is 0 Å². The number of benzene rings is 1. The van der Waals surface area contributed by atoms with Gasteiger partial charge in [0.15, 0.2) is 0 Å². The fraction of sp³-hybridized carbons (Fsp3) is 0.529. The number of rotatable bonds is 7. The van der Waals surface area contributed by atoms with Gasteiger partial charge in [-0.05, 0) is 31.9 Å². The first-order valence-electron chi connectivity index (χ1n) is 8.00. The molecule has 120 valence electrons. The molecule has 0 bridgehead atoms. The van der Waals surface area contributed by atoms with Crippen molar-refractivity contribution in [2.45, 2.75) is 45.1 Å². The van der Waals surface area contributed by atoms with Gasteiger partial charge in [0.2, 0.25) is 5.91 Å². The lowest BCUT2D eigenvalue weighted by molar-refractivity contribution is -0.121. The lowest BCUT2D eigenvalue weighted by Gasteiger charge is -2.13. The third-order valence-corrected chi connectivity index (χ3v) is 3.81. The quantitative estimate of drug-likeness (QED) is 0.760. The molecular weight excluding hydrogens is 280 g/mol. The van der Waals surface area contributed by atoms with Gasteiger partial charge >= 0.3 is 5.97 Å². The Morgan fingerprint density at radius 3 is 2.68 bits per heavy atom. The Hall–Kier alpha value is -2.04. The molecule has 0 atom stereocenters. The fourth-order valence-electron chi connectivity index (χ4n) is 2.70. The van der Waals surface area contributed by atoms with Crippen molar-refractivity contribution < 1.29 is 14.3 Å². The van der Waals surface area contributed by atoms with E-state index in [-0.39, 0.29) is 11.9 Å². The first kappa shape index (κ1) is 16.3. The summed E-state index contributed by atoms with van der Waals surface area (Å²) >= 11 is 0. The van der Waals surface area contributed by atoms with Crippen LogP contribution in [0.2, 0.25) is 0 Å². The van der Waals surface area contributed by atoms with Gasteiger partial charge in [0.05, 0.1) is 12.2 Å². The number of esters is 1. The van der Waals surface area contributed by atoms with Crippen molar-refractivity contribution in [1.29, 1.82) is 0 Å². The van der Waals surface area contributed by atoms with Gasteiger partial charge in [-0.1, -0.05) is 25.0 Å². The van der Waals surface area contributed by atoms with Crippen molar-refractivity contribution >= 4 is 17.6 Å². The number of carbonyl (C=O) groups excluding carboxylic acids is 2. The lowest BCUT2D eigenvalue weighted by atomic mass is 10.1. The maximum Gasteiger partial charge on any atom is 0.340 e. The molecule has 0 saturated heterocycles. The monoisotopic (exact) mass is 304 g/mol. The number of hydrogen-bond donors (Lipinski definition) is 2. The van der Waals surface area contributed by atoms with Crippen molar-refractivity contribution in [2.24, 2.45) is 0 Å². The lowest BCUT2D eigenvalue weighted by Crippen LogP contribution is -2.33. The van der Waals surface area contributed by atoms with E-state index in [1.807, 2.05) is 12.1 Å². The van der Waals surface area contributed by atoms with Gasteiger partial charge in [-0.3, -0.25) is 4.79 Å². The van der Waals surface area contributed by atoms with Gasteiger partial charge in [0.1, 0.15) is 0 Å². The van der Waals surface area contributed by atoms with E-state index in [2.05, 4.69) is 10.6 Å². The molecule has 1 amide bonds. The van der Waals surface area contributed by atoms with Crippen LogP contribution in [-0.4, -0.2) is 31.1 Å². The molecule has 1 saturated carbocycles. The molecule has 5 heteroatoms. The molecule has 5 nitrogen and oxygen atoms in total. The van der Waals surface area contributed by atoms with Crippen LogP contribution < -0.4 is 10.6 Å². The summed E-state index contributed by atoms with van der Waals surface area (Å²) in [6, 6.07) is 7.54. The first-order chi connectivity index (χ1) is 10.7. The van der Waals surface area contributed by atoms with Gasteiger partial charge in [0.25, 0.3) is 0 Å². The van der Waals surface area contributed by atoms with E-state index in [9.17, 15) is 9.59 Å². The third-order valence-electron chi connectivity index (χ3n) is 3.81. The van der Waals surface area contributed by atoms with Crippen LogP contribution in [0.25, 0.3) is 0 Å². The highest BCUT2D eigenvalue weighted by Crippen LogP contribution is 2.18. The van der Waals surface area contributed by atoms with E-state index >= 15 is 0 Å². The highest BCUT2D eigenvalue weighted by molar-refractivity contribution is 5.95. The summed E-state index contributed by atoms with van der Waals surface area (Å²) in [6.07, 6.45) is 4.98. The van der Waals surface area contributed by atoms with E-state index in [0.717, 1.165) is 12.8 Å². The largest absolute Gasteiger partial charge is 0.462 e. The van der Waals surface area contributed by atoms with Crippen molar-refractivity contribution in [1.82, 2.24) is 5.32 Å². The van der Waals surface area contributed by atoms with Crippen LogP contribution in [0.3, 0.4) is 0 Å². The van der Waals surface area contributed by atoms with Crippen LogP contribution in [0.5, 0.6) is 0 Å². The summed E-state index contributed by atoms with van der Waals surface area (Å²) in [5.74, 6) is -0.283. The molecule has 0 unspecified atom stereocenters. The molecule has 1 fully saturated rings. The van der Waals surface area contributed by atoms with Crippen LogP contribution in [0, 0.1) is 0 Å². The Balaban J connectivity index is 1.81. The van der Waals surface area contributed by atoms with Crippen LogP contribution in [-0.2, 0) is 9.53 Å². The number of carbonyl (C=O) groups is 2. The third kappa shape index (κ3) is 4.76. The summed E-state index contributed by atoms with van der Waals surface area (Å²) in [7, 11) is 0. The maximum absolute atomic E-state index is 11.9. The molecule has 1 aliphatic rings. The highest BCUT2D eigenvalue weighted by atomic mass is 16.5. The Bertz CT molecular complexity index is 510. The van der Waals surface area contributed by atoms with Gasteiger partial charge in [0, 0.05) is 24.7 Å². The van der Waals surface area contributed by atoms with Crippen LogP contribution in [0.4, 0.5) is 5.69 Å². The molecule has 0 aromatic heterocycles. The SMILES string of the molecule is CCOC(=O)c1ccccc1NCCC(=O)NC1CCCC1. The number of anilines is 1. The summed E-state index contributed by atoms with van der Waals surface area (Å²) in [6.45, 7) is 2.62. The zero-order valence-electron chi connectivity index (χ0n) is 13.1. The Kier molecular flexibility index (Phi) is 6.25. The average molecular weight is 304 g/mol. The zero-order chi connectivity index (χ0) is 15.8. The van der Waals surface area contributed by atoms with Crippen molar-refractivity contribution in [3.05, 3.63) is 29.8 Å². The highest BCUT2D eigenvalue weighted by Gasteiger charge is 2.17. The van der Waals surface area contributed by atoms with Crippen LogP contribution >= 0.6 is 0 Å². The summed E-state index contributed by atoms with van der Waals surface area (Å²) in [5, 5.41) is 6.20. The minimum atomic E-state index is -0.346. The molecule has 22 heavy (non-hydrogen) atoms. The number of hydrogen-bond acceptors (Lipinski definition) is 4. The first-order valence-corrected chi connectivity index (χ1v) is 8.00.